The maximum Gasteiger partial charge on any atom is 0.270 e. The number of nitrogens with zero attached hydrogens (tertiary/aromatic N) is 5. The Balaban J connectivity index is 1.40. The number of rotatable bonds is 12. The molecule has 0 saturated heterocycles. The number of amides is 2. The smallest absolute Gasteiger partial charge is 0.270 e. The number of hydrogen-bond donors (Lipinski definition) is 3. The molecule has 5 rings (SSSR count). The molecule has 3 N–H and O–H groups in total. The lowest BCUT2D eigenvalue weighted by Crippen LogP contribution is -2.50. The first kappa shape index (κ1) is 26.7. The van der Waals surface area contributed by atoms with Crippen LogP contribution in [0.25, 0.3) is 0 Å². The minimum absolute atomic E-state index is 0.0370. The maximum absolute atomic E-state index is 15.0. The largest absolute Gasteiger partial charge is 0.382 e. The van der Waals surface area contributed by atoms with Gasteiger partial charge in [-0.25, -0.2) is 5.10 Å². The van der Waals surface area contributed by atoms with E-state index < -0.39 is 35.4 Å². The minimum Gasteiger partial charge on any atom is -0.382 e. The molecule has 0 aliphatic heterocycles. The van der Waals surface area contributed by atoms with Gasteiger partial charge in [0.05, 0.1) is 12.8 Å². The summed E-state index contributed by atoms with van der Waals surface area (Å²) in [6, 6.07) is 1.48. The van der Waals surface area contributed by atoms with Crippen molar-refractivity contribution in [2.45, 2.75) is 57.7 Å². The van der Waals surface area contributed by atoms with E-state index >= 15 is 4.39 Å². The van der Waals surface area contributed by atoms with Crippen LogP contribution in [0.1, 0.15) is 67.7 Å². The van der Waals surface area contributed by atoms with Crippen LogP contribution in [-0.4, -0.2) is 61.3 Å². The van der Waals surface area contributed by atoms with Crippen molar-refractivity contribution in [3.63, 3.8) is 0 Å². The lowest BCUT2D eigenvalue weighted by Gasteiger charge is -2.27. The van der Waals surface area contributed by atoms with Crippen LogP contribution in [0.3, 0.4) is 0 Å². The molecular formula is C26H33FN8O4. The summed E-state index contributed by atoms with van der Waals surface area (Å²) in [5, 5.41) is 19.8. The second-order valence-electron chi connectivity index (χ2n) is 10.6. The highest BCUT2D eigenvalue weighted by Crippen LogP contribution is 2.51. The third-order valence-electron chi connectivity index (χ3n) is 7.38. The van der Waals surface area contributed by atoms with E-state index in [1.54, 1.807) is 16.9 Å². The molecule has 3 heterocycles. The second kappa shape index (κ2) is 11.1. The molecule has 12 nitrogen and oxygen atoms in total. The molecule has 0 radical (unpaired) electrons. The van der Waals surface area contributed by atoms with Crippen LogP contribution in [0.5, 0.6) is 0 Å². The molecule has 2 saturated carbocycles. The molecule has 3 aromatic heterocycles. The van der Waals surface area contributed by atoms with Crippen molar-refractivity contribution in [2.24, 2.45) is 17.8 Å². The van der Waals surface area contributed by atoms with E-state index in [9.17, 15) is 14.4 Å². The zero-order valence-electron chi connectivity index (χ0n) is 22.1. The summed E-state index contributed by atoms with van der Waals surface area (Å²) in [4.78, 5) is 39.3. The topological polar surface area (TPSA) is 149 Å². The first-order valence-corrected chi connectivity index (χ1v) is 13.2. The predicted octanol–water partition coefficient (Wildman–Crippen LogP) is 2.29. The second-order valence-corrected chi connectivity index (χ2v) is 10.6. The first-order chi connectivity index (χ1) is 18.8. The van der Waals surface area contributed by atoms with Crippen molar-refractivity contribution < 1.29 is 18.7 Å². The summed E-state index contributed by atoms with van der Waals surface area (Å²) in [5.74, 6) is -1.19. The van der Waals surface area contributed by atoms with Gasteiger partial charge in [-0.1, -0.05) is 0 Å². The van der Waals surface area contributed by atoms with E-state index in [0.717, 1.165) is 25.7 Å². The Labute approximate surface area is 224 Å². The number of aromatic nitrogens is 6. The number of nitrogens with one attached hydrogen (secondary N) is 3. The summed E-state index contributed by atoms with van der Waals surface area (Å²) in [5.41, 5.74) is 0.0309. The Morgan fingerprint density at radius 1 is 1.18 bits per heavy atom. The summed E-state index contributed by atoms with van der Waals surface area (Å²) < 4.78 is 23.1. The van der Waals surface area contributed by atoms with Gasteiger partial charge >= 0.3 is 0 Å². The van der Waals surface area contributed by atoms with Gasteiger partial charge in [-0.15, -0.1) is 5.10 Å². The van der Waals surface area contributed by atoms with Crippen LogP contribution in [0.2, 0.25) is 0 Å². The van der Waals surface area contributed by atoms with Crippen molar-refractivity contribution in [1.29, 1.82) is 0 Å². The van der Waals surface area contributed by atoms with Crippen molar-refractivity contribution >= 4 is 17.5 Å². The Morgan fingerprint density at radius 2 is 1.90 bits per heavy atom. The Hall–Kier alpha value is -3.87. The van der Waals surface area contributed by atoms with E-state index in [0.29, 0.717) is 17.5 Å². The average Bonchev–Trinajstić information content (AvgIpc) is 3.84. The molecule has 3 aromatic rings. The predicted molar refractivity (Wildman–Crippen MR) is 138 cm³/mol. The van der Waals surface area contributed by atoms with Crippen molar-refractivity contribution in [3.8, 4) is 0 Å². The molecule has 208 valence electrons. The number of H-pyrrole nitrogens is 1. The highest BCUT2D eigenvalue weighted by atomic mass is 19.1. The number of methoxy groups -OCH3 is 1. The van der Waals surface area contributed by atoms with Gasteiger partial charge in [-0.05, 0) is 69.4 Å². The van der Waals surface area contributed by atoms with Gasteiger partial charge in [0, 0.05) is 31.1 Å². The number of halogens is 1. The van der Waals surface area contributed by atoms with Crippen LogP contribution in [-0.2, 0) is 9.53 Å². The van der Waals surface area contributed by atoms with Crippen LogP contribution >= 0.6 is 0 Å². The van der Waals surface area contributed by atoms with E-state index in [4.69, 9.17) is 4.74 Å². The molecule has 2 aliphatic carbocycles. The van der Waals surface area contributed by atoms with Gasteiger partial charge in [-0.2, -0.15) is 14.6 Å². The fraction of sp³-hybridized carbons (Fsp3) is 0.538. The Morgan fingerprint density at radius 3 is 2.51 bits per heavy atom. The molecule has 2 atom stereocenters. The van der Waals surface area contributed by atoms with Crippen molar-refractivity contribution in [1.82, 2.24) is 35.1 Å². The molecule has 13 heteroatoms. The van der Waals surface area contributed by atoms with E-state index in [1.165, 1.54) is 30.3 Å². The zero-order valence-corrected chi connectivity index (χ0v) is 22.1. The molecule has 0 bridgehead atoms. The number of aromatic amines is 1. The fourth-order valence-corrected chi connectivity index (χ4v) is 5.26. The van der Waals surface area contributed by atoms with Crippen LogP contribution in [0, 0.1) is 23.7 Å². The molecule has 2 aliphatic rings. The Bertz CT molecular complexity index is 1380. The van der Waals surface area contributed by atoms with Gasteiger partial charge in [0.2, 0.25) is 5.91 Å². The van der Waals surface area contributed by atoms with Gasteiger partial charge in [-0.3, -0.25) is 23.7 Å². The number of anilines is 1. The third kappa shape index (κ3) is 5.77. The van der Waals surface area contributed by atoms with Gasteiger partial charge in [0.1, 0.15) is 23.5 Å². The normalized spacial score (nSPS) is 16.9. The molecule has 0 spiro atoms. The van der Waals surface area contributed by atoms with Gasteiger partial charge in [0.15, 0.2) is 0 Å². The number of hydrogen-bond acceptors (Lipinski definition) is 7. The molecule has 39 heavy (non-hydrogen) atoms. The summed E-state index contributed by atoms with van der Waals surface area (Å²) in [7, 11) is 1.46. The summed E-state index contributed by atoms with van der Waals surface area (Å²) in [6.07, 6.45) is 8.28. The summed E-state index contributed by atoms with van der Waals surface area (Å²) in [6.45, 7) is 3.87. The third-order valence-corrected chi connectivity index (χ3v) is 7.38. The number of carbonyl (C=O) groups excluding carboxylic acids is 2. The highest BCUT2D eigenvalue weighted by molar-refractivity contribution is 6.00. The molecule has 0 aromatic carbocycles. The SMILES string of the molecule is COCC(c1ccn[nH]c1=O)n1cc(NC(=O)C(NC(=O)c2ccnn2C(C)C)C(C2CC2)C2CC2)c(F)n1. The van der Waals surface area contributed by atoms with Crippen molar-refractivity contribution in [3.05, 3.63) is 58.3 Å². The average molecular weight is 541 g/mol. The lowest BCUT2D eigenvalue weighted by molar-refractivity contribution is -0.119. The fourth-order valence-electron chi connectivity index (χ4n) is 5.26. The molecule has 2 unspecified atom stereocenters. The van der Waals surface area contributed by atoms with Crippen LogP contribution in [0.15, 0.2) is 35.5 Å². The van der Waals surface area contributed by atoms with E-state index in [1.807, 2.05) is 13.8 Å². The Kier molecular flexibility index (Phi) is 7.60. The molecular weight excluding hydrogens is 507 g/mol. The quantitative estimate of drug-likeness (QED) is 0.319. The molecule has 2 amide bonds. The maximum atomic E-state index is 15.0. The standard InChI is InChI=1S/C26H33FN8O4/c1-14(2)35-19(9-11-29-35)25(37)31-22(21(15-4-5-15)16-6-7-16)26(38)30-18-12-34(33-23(18)27)20(13-39-3)17-8-10-28-32-24(17)36/h8-12,14-16,20-22H,4-7,13H2,1-3H3,(H,30,38)(H,31,37)(H,32,36). The highest BCUT2D eigenvalue weighted by Gasteiger charge is 2.48. The van der Waals surface area contributed by atoms with E-state index in [-0.39, 0.29) is 29.8 Å². The first-order valence-electron chi connectivity index (χ1n) is 13.2. The van der Waals surface area contributed by atoms with Crippen LogP contribution in [0.4, 0.5) is 10.1 Å². The van der Waals surface area contributed by atoms with E-state index in [2.05, 4.69) is 31.0 Å². The molecule has 2 fully saturated rings. The van der Waals surface area contributed by atoms with Crippen molar-refractivity contribution in [2.75, 3.05) is 19.0 Å². The lowest BCUT2D eigenvalue weighted by atomic mass is 9.88. The monoisotopic (exact) mass is 540 g/mol. The summed E-state index contributed by atoms with van der Waals surface area (Å²) >= 11 is 0. The van der Waals surface area contributed by atoms with Crippen LogP contribution < -0.4 is 16.2 Å². The number of carbonyl (C=O) groups is 2. The van der Waals surface area contributed by atoms with Gasteiger partial charge < -0.3 is 15.4 Å². The zero-order chi connectivity index (χ0) is 27.7. The minimum atomic E-state index is -0.910. The number of ether oxygens (including phenoxy) is 1. The van der Waals surface area contributed by atoms with Gasteiger partial charge in [0.25, 0.3) is 17.4 Å².